The van der Waals surface area contributed by atoms with Gasteiger partial charge in [-0.3, -0.25) is 4.79 Å². The fraction of sp³-hybridized carbons (Fsp3) is 0.158. The summed E-state index contributed by atoms with van der Waals surface area (Å²) in [5.74, 6) is -0.272. The molecule has 0 saturated heterocycles. The van der Waals surface area contributed by atoms with E-state index in [4.69, 9.17) is 5.14 Å². The number of nitrogens with two attached hydrogens (primary N) is 1. The van der Waals surface area contributed by atoms with Crippen molar-refractivity contribution in [2.75, 3.05) is 0 Å². The van der Waals surface area contributed by atoms with Gasteiger partial charge in [-0.05, 0) is 55.3 Å². The number of nitrogens with one attached hydrogen (secondary N) is 1. The van der Waals surface area contributed by atoms with Crippen LogP contribution in [0.3, 0.4) is 0 Å². The molecule has 3 rings (SSSR count). The number of primary sulfonamides is 1. The van der Waals surface area contributed by atoms with Crippen LogP contribution in [-0.4, -0.2) is 19.3 Å². The number of amides is 1. The van der Waals surface area contributed by atoms with Crippen LogP contribution in [0.2, 0.25) is 0 Å². The van der Waals surface area contributed by atoms with E-state index in [1.165, 1.54) is 17.8 Å². The summed E-state index contributed by atoms with van der Waals surface area (Å²) in [5.41, 5.74) is 2.72. The molecule has 0 aliphatic rings. The lowest BCUT2D eigenvalue weighted by atomic mass is 10.2. The second-order valence-electron chi connectivity index (χ2n) is 6.18. The highest BCUT2D eigenvalue weighted by Crippen LogP contribution is 2.31. The van der Waals surface area contributed by atoms with Crippen molar-refractivity contribution in [3.8, 4) is 0 Å². The van der Waals surface area contributed by atoms with Gasteiger partial charge in [-0.25, -0.2) is 18.5 Å². The topological polar surface area (TPSA) is 102 Å². The van der Waals surface area contributed by atoms with E-state index in [-0.39, 0.29) is 16.7 Å². The largest absolute Gasteiger partial charge is 0.347 e. The first-order chi connectivity index (χ1) is 13.2. The molecule has 28 heavy (non-hydrogen) atoms. The van der Waals surface area contributed by atoms with Crippen LogP contribution in [0.25, 0.3) is 0 Å². The lowest BCUT2D eigenvalue weighted by Crippen LogP contribution is -2.23. The second-order valence-corrected chi connectivity index (χ2v) is 10.2. The highest BCUT2D eigenvalue weighted by atomic mass is 32.2. The van der Waals surface area contributed by atoms with E-state index in [1.54, 1.807) is 24.4 Å². The lowest BCUT2D eigenvalue weighted by Gasteiger charge is -2.10. The van der Waals surface area contributed by atoms with E-state index < -0.39 is 10.0 Å². The third-order valence-electron chi connectivity index (χ3n) is 3.91. The first kappa shape index (κ1) is 20.5. The number of hydrogen-bond donors (Lipinski definition) is 2. The standard InChI is InChI=1S/C19H19N3O3S3/c1-12-5-6-13(2)16(10-12)27-19-15(4-3-9-21-19)18(23)22-11-14-7-8-17(26-14)28(20,24)25/h3-10H,11H2,1-2H3,(H,22,23)(H2,20,24,25). The Balaban J connectivity index is 1.76. The van der Waals surface area contributed by atoms with E-state index >= 15 is 0 Å². The van der Waals surface area contributed by atoms with Crippen LogP contribution in [0.1, 0.15) is 26.4 Å². The number of benzene rings is 1. The molecule has 1 amide bonds. The van der Waals surface area contributed by atoms with Gasteiger partial charge < -0.3 is 5.32 Å². The van der Waals surface area contributed by atoms with E-state index in [2.05, 4.69) is 16.4 Å². The molecule has 0 radical (unpaired) electrons. The van der Waals surface area contributed by atoms with Crippen LogP contribution in [0.4, 0.5) is 0 Å². The summed E-state index contributed by atoms with van der Waals surface area (Å²) in [4.78, 5) is 18.8. The molecule has 0 saturated carbocycles. The number of carbonyl (C=O) groups excluding carboxylic acids is 1. The van der Waals surface area contributed by atoms with E-state index in [9.17, 15) is 13.2 Å². The minimum atomic E-state index is -3.73. The molecule has 0 spiro atoms. The Hall–Kier alpha value is -2.20. The second kappa shape index (κ2) is 8.44. The molecule has 1 aromatic carbocycles. The van der Waals surface area contributed by atoms with Gasteiger partial charge >= 0.3 is 0 Å². The highest BCUT2D eigenvalue weighted by molar-refractivity contribution is 7.99. The first-order valence-electron chi connectivity index (χ1n) is 8.34. The van der Waals surface area contributed by atoms with E-state index in [1.807, 2.05) is 26.0 Å². The number of carbonyl (C=O) groups is 1. The summed E-state index contributed by atoms with van der Waals surface area (Å²) >= 11 is 2.49. The predicted molar refractivity (Wildman–Crippen MR) is 111 cm³/mol. The molecule has 0 unspecified atom stereocenters. The fourth-order valence-corrected chi connectivity index (χ4v) is 5.22. The molecule has 2 aromatic heterocycles. The molecule has 146 valence electrons. The summed E-state index contributed by atoms with van der Waals surface area (Å²) in [6.45, 7) is 4.25. The van der Waals surface area contributed by atoms with Gasteiger partial charge in [0.2, 0.25) is 10.0 Å². The molecule has 3 aromatic rings. The number of aryl methyl sites for hydroxylation is 2. The monoisotopic (exact) mass is 433 g/mol. The number of rotatable bonds is 6. The minimum Gasteiger partial charge on any atom is -0.347 e. The average Bonchev–Trinajstić information content (AvgIpc) is 3.13. The van der Waals surface area contributed by atoms with Gasteiger partial charge in [-0.2, -0.15) is 0 Å². The van der Waals surface area contributed by atoms with Crippen LogP contribution >= 0.6 is 23.1 Å². The zero-order valence-corrected chi connectivity index (χ0v) is 17.7. The van der Waals surface area contributed by atoms with Crippen molar-refractivity contribution in [1.82, 2.24) is 10.3 Å². The van der Waals surface area contributed by atoms with Crippen molar-refractivity contribution in [2.24, 2.45) is 5.14 Å². The Morgan fingerprint density at radius 2 is 2.00 bits per heavy atom. The molecule has 6 nitrogen and oxygen atoms in total. The third-order valence-corrected chi connectivity index (χ3v) is 7.61. The van der Waals surface area contributed by atoms with Crippen LogP contribution in [0, 0.1) is 13.8 Å². The molecule has 0 bridgehead atoms. The number of thiophene rings is 1. The molecule has 0 aliphatic heterocycles. The molecule has 0 atom stereocenters. The Bertz CT molecular complexity index is 1120. The number of hydrogen-bond acceptors (Lipinski definition) is 6. The van der Waals surface area contributed by atoms with Gasteiger partial charge in [-0.1, -0.05) is 23.9 Å². The summed E-state index contributed by atoms with van der Waals surface area (Å²) in [7, 11) is -3.73. The van der Waals surface area contributed by atoms with Crippen molar-refractivity contribution >= 4 is 39.0 Å². The molecule has 0 aliphatic carbocycles. The van der Waals surface area contributed by atoms with Crippen molar-refractivity contribution in [3.05, 3.63) is 70.2 Å². The summed E-state index contributed by atoms with van der Waals surface area (Å²) in [6.07, 6.45) is 1.65. The summed E-state index contributed by atoms with van der Waals surface area (Å²) in [5, 5.41) is 8.55. The molecular weight excluding hydrogens is 414 g/mol. The SMILES string of the molecule is Cc1ccc(C)c(Sc2ncccc2C(=O)NCc2ccc(S(N)(=O)=O)s2)c1. The van der Waals surface area contributed by atoms with Crippen molar-refractivity contribution in [1.29, 1.82) is 0 Å². The van der Waals surface area contributed by atoms with Gasteiger partial charge in [0.15, 0.2) is 0 Å². The maximum Gasteiger partial charge on any atom is 0.254 e. The third kappa shape index (κ3) is 4.99. The maximum absolute atomic E-state index is 12.7. The predicted octanol–water partition coefficient (Wildman–Crippen LogP) is 3.49. The Kier molecular flexibility index (Phi) is 6.19. The number of sulfonamides is 1. The Morgan fingerprint density at radius 1 is 1.21 bits per heavy atom. The zero-order valence-electron chi connectivity index (χ0n) is 15.3. The van der Waals surface area contributed by atoms with E-state index in [0.29, 0.717) is 15.5 Å². The quantitative estimate of drug-likeness (QED) is 0.619. The smallest absolute Gasteiger partial charge is 0.254 e. The lowest BCUT2D eigenvalue weighted by molar-refractivity contribution is 0.0947. The van der Waals surface area contributed by atoms with Gasteiger partial charge in [0, 0.05) is 16.0 Å². The highest BCUT2D eigenvalue weighted by Gasteiger charge is 2.16. The van der Waals surface area contributed by atoms with Gasteiger partial charge in [0.1, 0.15) is 9.24 Å². The van der Waals surface area contributed by atoms with Gasteiger partial charge in [0.25, 0.3) is 5.91 Å². The number of pyridine rings is 1. The van der Waals surface area contributed by atoms with Crippen LogP contribution in [0.15, 0.2) is 62.8 Å². The summed E-state index contributed by atoms with van der Waals surface area (Å²) in [6, 6.07) is 12.7. The maximum atomic E-state index is 12.7. The Labute approximate surface area is 172 Å². The summed E-state index contributed by atoms with van der Waals surface area (Å²) < 4.78 is 22.8. The Morgan fingerprint density at radius 3 is 2.71 bits per heavy atom. The van der Waals surface area contributed by atoms with Gasteiger partial charge in [-0.15, -0.1) is 11.3 Å². The van der Waals surface area contributed by atoms with Crippen molar-refractivity contribution < 1.29 is 13.2 Å². The minimum absolute atomic E-state index is 0.0734. The van der Waals surface area contributed by atoms with Crippen LogP contribution in [0.5, 0.6) is 0 Å². The van der Waals surface area contributed by atoms with Crippen LogP contribution < -0.4 is 10.5 Å². The fourth-order valence-electron chi connectivity index (χ4n) is 2.44. The first-order valence-corrected chi connectivity index (χ1v) is 11.5. The molecule has 3 N–H and O–H groups in total. The zero-order chi connectivity index (χ0) is 20.3. The van der Waals surface area contributed by atoms with Crippen molar-refractivity contribution in [3.63, 3.8) is 0 Å². The molecule has 0 fully saturated rings. The normalized spacial score (nSPS) is 11.4. The van der Waals surface area contributed by atoms with Crippen LogP contribution in [-0.2, 0) is 16.6 Å². The van der Waals surface area contributed by atoms with Gasteiger partial charge in [0.05, 0.1) is 12.1 Å². The number of aromatic nitrogens is 1. The number of nitrogens with zero attached hydrogens (tertiary/aromatic N) is 1. The van der Waals surface area contributed by atoms with Crippen molar-refractivity contribution in [2.45, 2.75) is 34.5 Å². The molecule has 2 heterocycles. The van der Waals surface area contributed by atoms with E-state index in [0.717, 1.165) is 27.4 Å². The molecular formula is C19H19N3O3S3. The molecule has 9 heteroatoms. The average molecular weight is 434 g/mol.